The third-order valence-electron chi connectivity index (χ3n) is 1.98. The summed E-state index contributed by atoms with van der Waals surface area (Å²) >= 11 is 1.46. The van der Waals surface area contributed by atoms with Gasteiger partial charge in [0.15, 0.2) is 0 Å². The largest absolute Gasteiger partial charge is 0.488 e. The van der Waals surface area contributed by atoms with E-state index in [1.807, 2.05) is 5.38 Å². The molecule has 0 spiro atoms. The topological polar surface area (TPSA) is 48.4 Å². The maximum Gasteiger partial charge on any atom is 0.339 e. The zero-order valence-corrected chi connectivity index (χ0v) is 9.85. The van der Waals surface area contributed by atoms with Crippen molar-refractivity contribution in [3.05, 3.63) is 46.9 Å². The summed E-state index contributed by atoms with van der Waals surface area (Å²) in [7, 11) is 0. The Bertz CT molecular complexity index is 456. The average molecular weight is 249 g/mol. The van der Waals surface area contributed by atoms with Crippen LogP contribution in [0.3, 0.4) is 0 Å². The van der Waals surface area contributed by atoms with Crippen molar-refractivity contribution >= 4 is 17.3 Å². The minimum Gasteiger partial charge on any atom is -0.488 e. The van der Waals surface area contributed by atoms with Crippen LogP contribution < -0.4 is 4.74 Å². The maximum absolute atomic E-state index is 11.4. The standard InChI is InChI=1S/C12H11NO3S/c14-12(10-3-7-17-9-10)16-6-5-15-11-2-1-4-13-8-11/h1-4,7-9H,5-6H2. The van der Waals surface area contributed by atoms with E-state index < -0.39 is 0 Å². The smallest absolute Gasteiger partial charge is 0.339 e. The predicted octanol–water partition coefficient (Wildman–Crippen LogP) is 2.38. The fraction of sp³-hybridized carbons (Fsp3) is 0.167. The summed E-state index contributed by atoms with van der Waals surface area (Å²) in [6.45, 7) is 0.547. The first kappa shape index (κ1) is 11.6. The summed E-state index contributed by atoms with van der Waals surface area (Å²) in [4.78, 5) is 15.3. The number of esters is 1. The molecular formula is C12H11NO3S. The predicted molar refractivity (Wildman–Crippen MR) is 64.3 cm³/mol. The van der Waals surface area contributed by atoms with Gasteiger partial charge in [-0.3, -0.25) is 4.98 Å². The highest BCUT2D eigenvalue weighted by atomic mass is 32.1. The van der Waals surface area contributed by atoms with Gasteiger partial charge in [-0.1, -0.05) is 0 Å². The summed E-state index contributed by atoms with van der Waals surface area (Å²) in [6, 6.07) is 5.31. The summed E-state index contributed by atoms with van der Waals surface area (Å²) in [5.74, 6) is 0.347. The molecule has 0 aliphatic carbocycles. The van der Waals surface area contributed by atoms with E-state index in [2.05, 4.69) is 4.98 Å². The fourth-order valence-electron chi connectivity index (χ4n) is 1.19. The molecule has 0 saturated carbocycles. The second-order valence-corrected chi connectivity index (χ2v) is 3.97. The molecule has 5 heteroatoms. The van der Waals surface area contributed by atoms with Crippen LogP contribution in [0.25, 0.3) is 0 Å². The number of aromatic nitrogens is 1. The molecule has 17 heavy (non-hydrogen) atoms. The molecule has 2 aromatic heterocycles. The first-order valence-electron chi connectivity index (χ1n) is 5.08. The van der Waals surface area contributed by atoms with Crippen LogP contribution in [-0.2, 0) is 4.74 Å². The highest BCUT2D eigenvalue weighted by molar-refractivity contribution is 7.08. The van der Waals surface area contributed by atoms with Crippen LogP contribution in [0.1, 0.15) is 10.4 Å². The average Bonchev–Trinajstić information content (AvgIpc) is 2.89. The van der Waals surface area contributed by atoms with Crippen molar-refractivity contribution in [1.82, 2.24) is 4.98 Å². The number of hydrogen-bond acceptors (Lipinski definition) is 5. The lowest BCUT2D eigenvalue weighted by molar-refractivity contribution is 0.0451. The van der Waals surface area contributed by atoms with Crippen LogP contribution in [0, 0.1) is 0 Å². The molecule has 2 heterocycles. The first-order valence-corrected chi connectivity index (χ1v) is 6.03. The number of carbonyl (C=O) groups is 1. The highest BCUT2D eigenvalue weighted by Crippen LogP contribution is 2.08. The van der Waals surface area contributed by atoms with Gasteiger partial charge in [-0.05, 0) is 23.6 Å². The van der Waals surface area contributed by atoms with Crippen molar-refractivity contribution < 1.29 is 14.3 Å². The van der Waals surface area contributed by atoms with Gasteiger partial charge in [0.05, 0.1) is 11.8 Å². The van der Waals surface area contributed by atoms with Gasteiger partial charge in [0, 0.05) is 11.6 Å². The zero-order valence-electron chi connectivity index (χ0n) is 9.04. The van der Waals surface area contributed by atoms with E-state index in [0.29, 0.717) is 17.9 Å². The molecule has 0 fully saturated rings. The van der Waals surface area contributed by atoms with Gasteiger partial charge in [0.25, 0.3) is 0 Å². The molecule has 4 nitrogen and oxygen atoms in total. The molecule has 0 radical (unpaired) electrons. The van der Waals surface area contributed by atoms with Crippen LogP contribution in [0.5, 0.6) is 5.75 Å². The van der Waals surface area contributed by atoms with Crippen molar-refractivity contribution in [3.8, 4) is 5.75 Å². The number of nitrogens with zero attached hydrogens (tertiary/aromatic N) is 1. The van der Waals surface area contributed by atoms with E-state index >= 15 is 0 Å². The highest BCUT2D eigenvalue weighted by Gasteiger charge is 2.06. The Morgan fingerprint density at radius 1 is 1.35 bits per heavy atom. The van der Waals surface area contributed by atoms with Crippen molar-refractivity contribution in [1.29, 1.82) is 0 Å². The molecule has 0 aliphatic rings. The number of hydrogen-bond donors (Lipinski definition) is 0. The Morgan fingerprint density at radius 3 is 3.00 bits per heavy atom. The quantitative estimate of drug-likeness (QED) is 0.603. The van der Waals surface area contributed by atoms with Crippen LogP contribution in [0.15, 0.2) is 41.4 Å². The van der Waals surface area contributed by atoms with Gasteiger partial charge in [-0.25, -0.2) is 4.79 Å². The van der Waals surface area contributed by atoms with Crippen LogP contribution in [0.4, 0.5) is 0 Å². The van der Waals surface area contributed by atoms with E-state index in [4.69, 9.17) is 9.47 Å². The molecular weight excluding hydrogens is 238 g/mol. The lowest BCUT2D eigenvalue weighted by Gasteiger charge is -2.05. The number of thiophene rings is 1. The molecule has 0 atom stereocenters. The van der Waals surface area contributed by atoms with Crippen molar-refractivity contribution in [2.75, 3.05) is 13.2 Å². The number of carbonyl (C=O) groups excluding carboxylic acids is 1. The van der Waals surface area contributed by atoms with Gasteiger partial charge in [-0.2, -0.15) is 11.3 Å². The third kappa shape index (κ3) is 3.57. The van der Waals surface area contributed by atoms with Crippen LogP contribution >= 0.6 is 11.3 Å². The van der Waals surface area contributed by atoms with Gasteiger partial charge in [0.1, 0.15) is 19.0 Å². The van der Waals surface area contributed by atoms with E-state index in [1.54, 1.807) is 36.0 Å². The Labute approximate surface area is 103 Å². The van der Waals surface area contributed by atoms with E-state index in [1.165, 1.54) is 11.3 Å². The molecule has 0 amide bonds. The fourth-order valence-corrected chi connectivity index (χ4v) is 1.82. The van der Waals surface area contributed by atoms with Gasteiger partial charge < -0.3 is 9.47 Å². The maximum atomic E-state index is 11.4. The number of rotatable bonds is 5. The summed E-state index contributed by atoms with van der Waals surface area (Å²) in [5, 5.41) is 3.59. The van der Waals surface area contributed by atoms with Crippen molar-refractivity contribution in [2.45, 2.75) is 0 Å². The van der Waals surface area contributed by atoms with Crippen LogP contribution in [0.2, 0.25) is 0 Å². The monoisotopic (exact) mass is 249 g/mol. The molecule has 0 aromatic carbocycles. The first-order chi connectivity index (χ1) is 8.36. The molecule has 0 bridgehead atoms. The van der Waals surface area contributed by atoms with E-state index in [0.717, 1.165) is 0 Å². The Morgan fingerprint density at radius 2 is 2.29 bits per heavy atom. The lowest BCUT2D eigenvalue weighted by atomic mass is 10.3. The van der Waals surface area contributed by atoms with Crippen molar-refractivity contribution in [2.24, 2.45) is 0 Å². The van der Waals surface area contributed by atoms with E-state index in [9.17, 15) is 4.79 Å². The normalized spacial score (nSPS) is 9.88. The summed E-state index contributed by atoms with van der Waals surface area (Å²) in [5.41, 5.74) is 0.580. The zero-order chi connectivity index (χ0) is 11.9. The second-order valence-electron chi connectivity index (χ2n) is 3.19. The van der Waals surface area contributed by atoms with E-state index in [-0.39, 0.29) is 12.6 Å². The van der Waals surface area contributed by atoms with Gasteiger partial charge in [-0.15, -0.1) is 0 Å². The molecule has 88 valence electrons. The minimum absolute atomic E-state index is 0.226. The molecule has 2 aromatic rings. The van der Waals surface area contributed by atoms with Crippen molar-refractivity contribution in [3.63, 3.8) is 0 Å². The molecule has 0 N–H and O–H groups in total. The minimum atomic E-state index is -0.318. The SMILES string of the molecule is O=C(OCCOc1cccnc1)c1ccsc1. The molecule has 2 rings (SSSR count). The Balaban J connectivity index is 1.69. The lowest BCUT2D eigenvalue weighted by Crippen LogP contribution is -2.11. The van der Waals surface area contributed by atoms with Gasteiger partial charge >= 0.3 is 5.97 Å². The number of ether oxygens (including phenoxy) is 2. The molecule has 0 saturated heterocycles. The second kappa shape index (κ2) is 6.00. The Kier molecular flexibility index (Phi) is 4.10. The summed E-state index contributed by atoms with van der Waals surface area (Å²) < 4.78 is 10.4. The summed E-state index contributed by atoms with van der Waals surface area (Å²) in [6.07, 6.45) is 3.28. The molecule has 0 aliphatic heterocycles. The van der Waals surface area contributed by atoms with Crippen LogP contribution in [-0.4, -0.2) is 24.2 Å². The Hall–Kier alpha value is -1.88. The van der Waals surface area contributed by atoms with Gasteiger partial charge in [0.2, 0.25) is 0 Å². The molecule has 0 unspecified atom stereocenters. The third-order valence-corrected chi connectivity index (χ3v) is 2.66. The number of pyridine rings is 1.